The van der Waals surface area contributed by atoms with E-state index in [4.69, 9.17) is 9.05 Å². The predicted octanol–water partition coefficient (Wildman–Crippen LogP) is 6.50. The average Bonchev–Trinajstić information content (AvgIpc) is 3.27. The van der Waals surface area contributed by atoms with Gasteiger partial charge in [0.25, 0.3) is 0 Å². The zero-order valence-corrected chi connectivity index (χ0v) is 30.8. The smallest absolute Gasteiger partial charge is 0.141 e. The van der Waals surface area contributed by atoms with Crippen molar-refractivity contribution in [3.05, 3.63) is 70.4 Å². The van der Waals surface area contributed by atoms with Gasteiger partial charge >= 0.3 is 0 Å². The number of phenols is 2. The number of aryl methyl sites for hydroxylation is 4. The van der Waals surface area contributed by atoms with E-state index in [9.17, 15) is 15.3 Å². The first kappa shape index (κ1) is 36.3. The van der Waals surface area contributed by atoms with Crippen molar-refractivity contribution in [1.82, 2.24) is 10.3 Å². The van der Waals surface area contributed by atoms with E-state index in [0.29, 0.717) is 17.2 Å². The second-order valence-electron chi connectivity index (χ2n) is 8.86. The largest absolute Gasteiger partial charge is 0.508 e. The molecule has 0 bridgehead atoms. The Labute approximate surface area is 282 Å². The molecule has 4 aromatic rings. The van der Waals surface area contributed by atoms with Crippen LogP contribution in [0.5, 0.6) is 11.5 Å². The van der Waals surface area contributed by atoms with Gasteiger partial charge in [-0.3, -0.25) is 0 Å². The first-order valence-electron chi connectivity index (χ1n) is 11.2. The van der Waals surface area contributed by atoms with E-state index in [2.05, 4.69) is 30.2 Å². The van der Waals surface area contributed by atoms with Gasteiger partial charge in [0.1, 0.15) is 23.0 Å². The number of hydrogen-bond donors (Lipinski definition) is 3. The number of nitrogens with zero attached hydrogens (tertiary/aromatic N) is 2. The summed E-state index contributed by atoms with van der Waals surface area (Å²) in [6.45, 7) is 13.3. The van der Waals surface area contributed by atoms with Crippen molar-refractivity contribution in [3.63, 3.8) is 0 Å². The molecule has 2 heterocycles. The Morgan fingerprint density at radius 3 is 1.35 bits per heavy atom. The molecule has 0 saturated heterocycles. The minimum absolute atomic E-state index is 0. The summed E-state index contributed by atoms with van der Waals surface area (Å²) in [4.78, 5) is 0. The molecule has 192 valence electrons. The second-order valence-corrected chi connectivity index (χ2v) is 8.86. The maximum absolute atomic E-state index is 9.77. The van der Waals surface area contributed by atoms with Crippen LogP contribution in [-0.2, 0) is 86.5 Å². The normalized spacial score (nSPS) is 10.9. The third-order valence-electron chi connectivity index (χ3n) is 5.67. The topological polar surface area (TPSA) is 113 Å². The van der Waals surface area contributed by atoms with E-state index < -0.39 is 6.10 Å². The van der Waals surface area contributed by atoms with Gasteiger partial charge in [0.2, 0.25) is 0 Å². The second kappa shape index (κ2) is 15.8. The molecular formula is C27H32N2O5WY2. The SMILES string of the molecule is Cc1noc(C)c1-c1cc(O)cc(C(C)C)c1.Cc1noc(C)c1-c1cc(O)cc(C(C)O)c1.[W].[Y].[Y]. The van der Waals surface area contributed by atoms with Crippen LogP contribution >= 0.6 is 0 Å². The molecule has 1 unspecified atom stereocenters. The molecule has 0 aliphatic heterocycles. The average molecular weight is 826 g/mol. The molecule has 37 heavy (non-hydrogen) atoms. The van der Waals surface area contributed by atoms with Gasteiger partial charge in [-0.2, -0.15) is 0 Å². The third-order valence-corrected chi connectivity index (χ3v) is 5.67. The van der Waals surface area contributed by atoms with Crippen molar-refractivity contribution < 1.29 is 111 Å². The van der Waals surface area contributed by atoms with Gasteiger partial charge < -0.3 is 24.4 Å². The summed E-state index contributed by atoms with van der Waals surface area (Å²) >= 11 is 0. The number of benzene rings is 2. The van der Waals surface area contributed by atoms with Gasteiger partial charge in [0.05, 0.1) is 17.5 Å². The molecule has 2 radical (unpaired) electrons. The first-order valence-corrected chi connectivity index (χ1v) is 11.2. The maximum atomic E-state index is 9.77. The summed E-state index contributed by atoms with van der Waals surface area (Å²) in [5.41, 5.74) is 7.00. The van der Waals surface area contributed by atoms with Gasteiger partial charge in [-0.1, -0.05) is 30.2 Å². The number of phenolic OH excluding ortho intramolecular Hbond substituents is 2. The fourth-order valence-electron chi connectivity index (χ4n) is 3.92. The number of aliphatic hydroxyl groups is 1. The van der Waals surface area contributed by atoms with Crippen molar-refractivity contribution in [2.24, 2.45) is 0 Å². The molecular weight excluding hydrogens is 794 g/mol. The molecule has 0 amide bonds. The molecule has 1 atom stereocenters. The summed E-state index contributed by atoms with van der Waals surface area (Å²) in [6, 6.07) is 10.6. The van der Waals surface area contributed by atoms with E-state index in [1.165, 1.54) is 0 Å². The predicted molar refractivity (Wildman–Crippen MR) is 131 cm³/mol. The number of hydrogen-bond acceptors (Lipinski definition) is 7. The Morgan fingerprint density at radius 1 is 0.649 bits per heavy atom. The Morgan fingerprint density at radius 2 is 1.03 bits per heavy atom. The van der Waals surface area contributed by atoms with E-state index in [-0.39, 0.29) is 98.0 Å². The summed E-state index contributed by atoms with van der Waals surface area (Å²) in [5, 5.41) is 36.8. The third kappa shape index (κ3) is 9.19. The van der Waals surface area contributed by atoms with Crippen molar-refractivity contribution in [2.75, 3.05) is 0 Å². The van der Waals surface area contributed by atoms with E-state index in [1.807, 2.05) is 33.8 Å². The Kier molecular flexibility index (Phi) is 15.5. The number of aromatic nitrogens is 2. The molecule has 4 rings (SSSR count). The zero-order chi connectivity index (χ0) is 25.2. The van der Waals surface area contributed by atoms with Gasteiger partial charge in [-0.15, -0.1) is 0 Å². The molecule has 0 saturated carbocycles. The molecule has 0 fully saturated rings. The minimum Gasteiger partial charge on any atom is -0.508 e. The molecule has 3 N–H and O–H groups in total. The van der Waals surface area contributed by atoms with Gasteiger partial charge in [-0.05, 0) is 93.1 Å². The fourth-order valence-corrected chi connectivity index (χ4v) is 3.92. The number of rotatable bonds is 4. The monoisotopic (exact) mass is 826 g/mol. The van der Waals surface area contributed by atoms with Crippen LogP contribution in [0.4, 0.5) is 0 Å². The van der Waals surface area contributed by atoms with Crippen molar-refractivity contribution in [3.8, 4) is 33.8 Å². The zero-order valence-electron chi connectivity index (χ0n) is 22.2. The molecule has 0 spiro atoms. The molecule has 0 aliphatic carbocycles. The van der Waals surface area contributed by atoms with Crippen LogP contribution in [0.2, 0.25) is 0 Å². The molecule has 2 aromatic heterocycles. The van der Waals surface area contributed by atoms with Gasteiger partial charge in [0.15, 0.2) is 0 Å². The van der Waals surface area contributed by atoms with Crippen LogP contribution < -0.4 is 0 Å². The summed E-state index contributed by atoms with van der Waals surface area (Å²) < 4.78 is 10.3. The van der Waals surface area contributed by atoms with Gasteiger partial charge in [-0.25, -0.2) is 0 Å². The standard InChI is InChI=1S/C14H17NO2.C13H15NO3.W.2Y/c1-8(2)11-5-12(7-13(16)6-11)14-9(3)15-17-10(14)4;1-7-13(9(3)17-14-7)11-4-10(8(2)15)5-12(16)6-11;;;/h5-8,16H,1-4H3;4-6,8,15-16H,1-3H3;;;. The van der Waals surface area contributed by atoms with Crippen LogP contribution in [0.1, 0.15) is 66.8 Å². The van der Waals surface area contributed by atoms with E-state index in [1.54, 1.807) is 31.2 Å². The van der Waals surface area contributed by atoms with Crippen LogP contribution in [0.15, 0.2) is 45.4 Å². The summed E-state index contributed by atoms with van der Waals surface area (Å²) in [7, 11) is 0. The Balaban J connectivity index is 0.000000648. The Hall–Kier alpha value is -0.684. The molecule has 7 nitrogen and oxygen atoms in total. The van der Waals surface area contributed by atoms with Crippen molar-refractivity contribution in [1.29, 1.82) is 0 Å². The van der Waals surface area contributed by atoms with Crippen molar-refractivity contribution >= 4 is 0 Å². The minimum atomic E-state index is -0.624. The maximum Gasteiger partial charge on any atom is 0.141 e. The van der Waals surface area contributed by atoms with Crippen LogP contribution in [0.25, 0.3) is 22.3 Å². The summed E-state index contributed by atoms with van der Waals surface area (Å²) in [6.07, 6.45) is -0.624. The Bertz CT molecular complexity index is 1160. The van der Waals surface area contributed by atoms with E-state index in [0.717, 1.165) is 45.0 Å². The molecule has 0 aliphatic rings. The fraction of sp³-hybridized carbons (Fsp3) is 0.333. The molecule has 10 heteroatoms. The number of aromatic hydroxyl groups is 2. The van der Waals surface area contributed by atoms with Gasteiger partial charge in [0, 0.05) is 97.6 Å². The van der Waals surface area contributed by atoms with Crippen LogP contribution in [0.3, 0.4) is 0 Å². The van der Waals surface area contributed by atoms with Crippen molar-refractivity contribution in [2.45, 2.75) is 60.5 Å². The van der Waals surface area contributed by atoms with Crippen LogP contribution in [-0.4, -0.2) is 25.6 Å². The quantitative estimate of drug-likeness (QED) is 0.216. The number of aliphatic hydroxyl groups excluding tert-OH is 1. The molecule has 2 aromatic carbocycles. The van der Waals surface area contributed by atoms with E-state index >= 15 is 0 Å². The summed E-state index contributed by atoms with van der Waals surface area (Å²) in [5.74, 6) is 2.26. The van der Waals surface area contributed by atoms with Crippen LogP contribution in [0, 0.1) is 27.7 Å². The first-order chi connectivity index (χ1) is 16.0.